The van der Waals surface area contributed by atoms with Crippen molar-refractivity contribution in [1.29, 1.82) is 0 Å². The Kier molecular flexibility index (Phi) is 8.54. The molecule has 1 aliphatic heterocycles. The lowest BCUT2D eigenvalue weighted by molar-refractivity contribution is -0.141. The maximum absolute atomic E-state index is 13.1. The van der Waals surface area contributed by atoms with Gasteiger partial charge in [-0.05, 0) is 51.9 Å². The number of anilines is 1. The highest BCUT2D eigenvalue weighted by molar-refractivity contribution is 6.03. The van der Waals surface area contributed by atoms with Gasteiger partial charge in [0.2, 0.25) is 0 Å². The summed E-state index contributed by atoms with van der Waals surface area (Å²) < 4.78 is 57.5. The number of carbonyl (C=O) groups excluding carboxylic acids is 1. The van der Waals surface area contributed by atoms with Crippen molar-refractivity contribution in [3.63, 3.8) is 0 Å². The molecular weight excluding hydrogens is 503 g/mol. The van der Waals surface area contributed by atoms with Gasteiger partial charge in [0.15, 0.2) is 6.29 Å². The third-order valence-corrected chi connectivity index (χ3v) is 6.40. The molecule has 0 atom stereocenters. The lowest BCUT2D eigenvalue weighted by atomic mass is 9.94. The first-order valence-electron chi connectivity index (χ1n) is 12.4. The molecular formula is C26H32F3N5O4. The Morgan fingerprint density at radius 1 is 1.13 bits per heavy atom. The van der Waals surface area contributed by atoms with Gasteiger partial charge in [-0.2, -0.15) is 13.2 Å². The van der Waals surface area contributed by atoms with Crippen molar-refractivity contribution in [2.24, 2.45) is 0 Å². The van der Waals surface area contributed by atoms with E-state index in [1.54, 1.807) is 30.9 Å². The summed E-state index contributed by atoms with van der Waals surface area (Å²) in [6.45, 7) is 6.15. The average molecular weight is 536 g/mol. The van der Waals surface area contributed by atoms with Crippen LogP contribution in [-0.4, -0.2) is 71.4 Å². The molecule has 0 unspecified atom stereocenters. The van der Waals surface area contributed by atoms with Gasteiger partial charge in [0.05, 0.1) is 11.8 Å². The summed E-state index contributed by atoms with van der Waals surface area (Å²) >= 11 is 0. The highest BCUT2D eigenvalue weighted by atomic mass is 19.4. The normalized spacial score (nSPS) is 15.5. The molecule has 206 valence electrons. The van der Waals surface area contributed by atoms with Gasteiger partial charge in [-0.15, -0.1) is 0 Å². The molecule has 3 aromatic rings. The van der Waals surface area contributed by atoms with Crippen LogP contribution in [0.5, 0.6) is 5.75 Å². The smallest absolute Gasteiger partial charge is 0.433 e. The van der Waals surface area contributed by atoms with Crippen LogP contribution in [0.1, 0.15) is 54.5 Å². The maximum Gasteiger partial charge on any atom is 0.433 e. The molecule has 0 saturated carbocycles. The first kappa shape index (κ1) is 27.8. The Balaban J connectivity index is 1.54. The Morgan fingerprint density at radius 3 is 2.47 bits per heavy atom. The van der Waals surface area contributed by atoms with Gasteiger partial charge in [-0.1, -0.05) is 6.07 Å². The first-order valence-corrected chi connectivity index (χ1v) is 12.4. The number of hydrogen-bond donors (Lipinski definition) is 1. The SMILES string of the molecule is COC(CN1CCC(c2cn3cc(NC(=O)c4cccc(C(F)(F)F)n4)c(OC(C)C)cc3n2)CC1)OC. The molecule has 1 amide bonds. The van der Waals surface area contributed by atoms with E-state index in [1.807, 2.05) is 20.0 Å². The van der Waals surface area contributed by atoms with Crippen LogP contribution in [0.3, 0.4) is 0 Å². The highest BCUT2D eigenvalue weighted by Crippen LogP contribution is 2.32. The second kappa shape index (κ2) is 11.7. The van der Waals surface area contributed by atoms with Crippen LogP contribution in [0.15, 0.2) is 36.7 Å². The van der Waals surface area contributed by atoms with Gasteiger partial charge in [0, 0.05) is 45.1 Å². The summed E-state index contributed by atoms with van der Waals surface area (Å²) in [6.07, 6.45) is 0.294. The van der Waals surface area contributed by atoms with Gasteiger partial charge in [0.25, 0.3) is 5.91 Å². The summed E-state index contributed by atoms with van der Waals surface area (Å²) in [4.78, 5) is 23.4. The van der Waals surface area contributed by atoms with Gasteiger partial charge < -0.3 is 23.9 Å². The molecule has 0 spiro atoms. The average Bonchev–Trinajstić information content (AvgIpc) is 3.29. The van der Waals surface area contributed by atoms with Crippen LogP contribution in [0.25, 0.3) is 5.65 Å². The largest absolute Gasteiger partial charge is 0.489 e. The van der Waals surface area contributed by atoms with Gasteiger partial charge in [-0.3, -0.25) is 9.69 Å². The van der Waals surface area contributed by atoms with E-state index in [4.69, 9.17) is 19.2 Å². The molecule has 3 aromatic heterocycles. The van der Waals surface area contributed by atoms with E-state index in [2.05, 4.69) is 15.2 Å². The molecule has 1 saturated heterocycles. The van der Waals surface area contributed by atoms with Gasteiger partial charge in [0.1, 0.15) is 28.5 Å². The predicted octanol–water partition coefficient (Wildman–Crippen LogP) is 4.59. The van der Waals surface area contributed by atoms with Crippen molar-refractivity contribution in [3.05, 3.63) is 53.7 Å². The fraction of sp³-hybridized carbons (Fsp3) is 0.500. The van der Waals surface area contributed by atoms with Crippen molar-refractivity contribution < 1.29 is 32.2 Å². The number of carbonyl (C=O) groups is 1. The number of amides is 1. The molecule has 0 aromatic carbocycles. The third kappa shape index (κ3) is 6.61. The van der Waals surface area contributed by atoms with E-state index in [-0.39, 0.29) is 24.0 Å². The van der Waals surface area contributed by atoms with Crippen molar-refractivity contribution in [2.75, 3.05) is 39.2 Å². The number of ether oxygens (including phenoxy) is 3. The number of fused-ring (bicyclic) bond motifs is 1. The zero-order valence-corrected chi connectivity index (χ0v) is 21.8. The van der Waals surface area contributed by atoms with Crippen molar-refractivity contribution in [2.45, 2.75) is 51.2 Å². The zero-order chi connectivity index (χ0) is 27.4. The highest BCUT2D eigenvalue weighted by Gasteiger charge is 2.33. The number of nitrogens with zero attached hydrogens (tertiary/aromatic N) is 4. The Hall–Kier alpha value is -3.22. The summed E-state index contributed by atoms with van der Waals surface area (Å²) in [7, 11) is 3.25. The minimum absolute atomic E-state index is 0.207. The number of piperidine rings is 1. The monoisotopic (exact) mass is 535 g/mol. The van der Waals surface area contributed by atoms with E-state index in [1.165, 1.54) is 6.07 Å². The Morgan fingerprint density at radius 2 is 1.84 bits per heavy atom. The summed E-state index contributed by atoms with van der Waals surface area (Å²) in [6, 6.07) is 4.92. The molecule has 0 radical (unpaired) electrons. The first-order chi connectivity index (χ1) is 18.1. The van der Waals surface area contributed by atoms with Crippen molar-refractivity contribution >= 4 is 17.2 Å². The summed E-state index contributed by atoms with van der Waals surface area (Å²) in [5.74, 6) is -0.149. The molecule has 38 heavy (non-hydrogen) atoms. The van der Waals surface area contributed by atoms with E-state index in [9.17, 15) is 18.0 Å². The summed E-state index contributed by atoms with van der Waals surface area (Å²) in [5, 5.41) is 2.65. The number of methoxy groups -OCH3 is 2. The number of halogens is 3. The number of nitrogens with one attached hydrogen (secondary N) is 1. The number of alkyl halides is 3. The fourth-order valence-corrected chi connectivity index (χ4v) is 4.45. The number of imidazole rings is 1. The number of pyridine rings is 2. The molecule has 12 heteroatoms. The minimum atomic E-state index is -4.65. The van der Waals surface area contributed by atoms with Crippen molar-refractivity contribution in [1.82, 2.24) is 19.3 Å². The fourth-order valence-electron chi connectivity index (χ4n) is 4.45. The lowest BCUT2D eigenvalue weighted by Gasteiger charge is -2.32. The Bertz CT molecular complexity index is 1250. The van der Waals surface area contributed by atoms with Gasteiger partial charge >= 0.3 is 6.18 Å². The van der Waals surface area contributed by atoms with Crippen LogP contribution in [0.4, 0.5) is 18.9 Å². The van der Waals surface area contributed by atoms with E-state index in [0.717, 1.165) is 43.8 Å². The molecule has 1 aliphatic rings. The molecule has 4 heterocycles. The maximum atomic E-state index is 13.1. The van der Waals surface area contributed by atoms with E-state index >= 15 is 0 Å². The molecule has 0 aliphatic carbocycles. The number of hydrogen-bond acceptors (Lipinski definition) is 7. The summed E-state index contributed by atoms with van der Waals surface area (Å²) in [5.41, 5.74) is 0.395. The number of likely N-dealkylation sites (tertiary alicyclic amines) is 1. The van der Waals surface area contributed by atoms with Crippen LogP contribution in [-0.2, 0) is 15.7 Å². The molecule has 1 fully saturated rings. The second-order valence-electron chi connectivity index (χ2n) is 9.49. The minimum Gasteiger partial charge on any atom is -0.489 e. The van der Waals surface area contributed by atoms with Crippen LogP contribution >= 0.6 is 0 Å². The van der Waals surface area contributed by atoms with Crippen LogP contribution in [0, 0.1) is 0 Å². The number of rotatable bonds is 9. The third-order valence-electron chi connectivity index (χ3n) is 6.40. The van der Waals surface area contributed by atoms with Gasteiger partial charge in [-0.25, -0.2) is 9.97 Å². The quantitative estimate of drug-likeness (QED) is 0.401. The lowest BCUT2D eigenvalue weighted by Crippen LogP contribution is -2.39. The topological polar surface area (TPSA) is 90.2 Å². The van der Waals surface area contributed by atoms with E-state index < -0.39 is 17.8 Å². The predicted molar refractivity (Wildman–Crippen MR) is 134 cm³/mol. The molecule has 4 rings (SSSR count). The van der Waals surface area contributed by atoms with Crippen LogP contribution in [0.2, 0.25) is 0 Å². The number of aromatic nitrogens is 3. The molecule has 1 N–H and O–H groups in total. The van der Waals surface area contributed by atoms with Crippen LogP contribution < -0.4 is 10.1 Å². The van der Waals surface area contributed by atoms with Crippen molar-refractivity contribution in [3.8, 4) is 5.75 Å². The zero-order valence-electron chi connectivity index (χ0n) is 21.8. The standard InChI is InChI=1S/C26H32F3N5O4/c1-16(2)38-21-12-23-31-19(17-8-10-33(11-9-17)15-24(36-3)37-4)13-34(23)14-20(21)32-25(35)18-6-5-7-22(30-18)26(27,28)29/h5-7,12-14,16-17,24H,8-11,15H2,1-4H3,(H,32,35). The van der Waals surface area contributed by atoms with E-state index in [0.29, 0.717) is 23.6 Å². The molecule has 9 nitrogen and oxygen atoms in total. The molecule has 0 bridgehead atoms. The Labute approximate surface area is 218 Å². The second-order valence-corrected chi connectivity index (χ2v) is 9.49.